The lowest BCUT2D eigenvalue weighted by molar-refractivity contribution is -0.384. The average molecular weight is 371 g/mol. The number of nitrogens with zero attached hydrogens (tertiary/aromatic N) is 4. The number of hydrogen-bond donors (Lipinski definition) is 0. The van der Waals surface area contributed by atoms with E-state index >= 15 is 0 Å². The van der Waals surface area contributed by atoms with Crippen LogP contribution in [0.4, 0.5) is 5.69 Å². The van der Waals surface area contributed by atoms with Gasteiger partial charge in [0.15, 0.2) is 0 Å². The Bertz CT molecular complexity index is 1010. The van der Waals surface area contributed by atoms with Crippen LogP contribution < -0.4 is 10.4 Å². The number of aromatic nitrogens is 3. The van der Waals surface area contributed by atoms with Gasteiger partial charge in [0.1, 0.15) is 5.52 Å². The summed E-state index contributed by atoms with van der Waals surface area (Å²) in [6.07, 6.45) is 0. The maximum absolute atomic E-state index is 10.8. The Labute approximate surface area is 146 Å². The van der Waals surface area contributed by atoms with Gasteiger partial charge in [-0.15, -0.1) is 5.10 Å². The van der Waals surface area contributed by atoms with Crippen LogP contribution in [0.2, 0.25) is 26.2 Å². The number of nitro benzene ring substituents is 1. The lowest BCUT2D eigenvalue weighted by Gasteiger charge is -2.22. The van der Waals surface area contributed by atoms with Crippen LogP contribution in [0.3, 0.4) is 0 Å². The smallest absolute Gasteiger partial charge is 0.269 e. The van der Waals surface area contributed by atoms with Gasteiger partial charge in [0.25, 0.3) is 5.69 Å². The molecule has 1 aliphatic heterocycles. The third kappa shape index (κ3) is 2.43. The summed E-state index contributed by atoms with van der Waals surface area (Å²) in [6, 6.07) is 10.6. The standard InChI is InChI=1S/C16H18N4O3Si2/c1-24(2)15-9-13-14(10-16(15)25(3,4)23-24)19(18-17-13)11-5-7-12(8-6-11)20(21)22/h5-10H,1-4H3. The number of nitro groups is 1. The summed E-state index contributed by atoms with van der Waals surface area (Å²) >= 11 is 0. The summed E-state index contributed by atoms with van der Waals surface area (Å²) in [5, 5.41) is 22.0. The Hall–Kier alpha value is -2.37. The van der Waals surface area contributed by atoms with Crippen LogP contribution in [-0.4, -0.2) is 36.6 Å². The molecule has 0 radical (unpaired) electrons. The maximum atomic E-state index is 10.8. The fraction of sp³-hybridized carbons (Fsp3) is 0.250. The van der Waals surface area contributed by atoms with Crippen LogP contribution >= 0.6 is 0 Å². The number of rotatable bonds is 2. The molecule has 7 nitrogen and oxygen atoms in total. The molecule has 2 aromatic carbocycles. The van der Waals surface area contributed by atoms with E-state index in [0.717, 1.165) is 16.7 Å². The van der Waals surface area contributed by atoms with E-state index in [0.29, 0.717) is 0 Å². The quantitative estimate of drug-likeness (QED) is 0.392. The number of hydrogen-bond acceptors (Lipinski definition) is 5. The van der Waals surface area contributed by atoms with E-state index in [4.69, 9.17) is 4.12 Å². The molecule has 0 N–H and O–H groups in total. The van der Waals surface area contributed by atoms with Crippen molar-refractivity contribution in [2.45, 2.75) is 26.2 Å². The van der Waals surface area contributed by atoms with Gasteiger partial charge in [0.2, 0.25) is 16.6 Å². The summed E-state index contributed by atoms with van der Waals surface area (Å²) in [6.45, 7) is 8.89. The highest BCUT2D eigenvalue weighted by atomic mass is 28.4. The van der Waals surface area contributed by atoms with Crippen molar-refractivity contribution in [3.63, 3.8) is 0 Å². The number of benzene rings is 2. The monoisotopic (exact) mass is 370 g/mol. The minimum atomic E-state index is -1.93. The Morgan fingerprint density at radius 3 is 2.24 bits per heavy atom. The lowest BCUT2D eigenvalue weighted by atomic mass is 10.2. The first-order valence-electron chi connectivity index (χ1n) is 8.04. The van der Waals surface area contributed by atoms with Crippen molar-refractivity contribution in [1.82, 2.24) is 15.0 Å². The highest BCUT2D eigenvalue weighted by molar-refractivity contribution is 7.05. The van der Waals surface area contributed by atoms with E-state index in [1.54, 1.807) is 16.8 Å². The second-order valence-electron chi connectivity index (χ2n) is 7.28. The molecule has 0 amide bonds. The molecule has 1 aliphatic rings. The first kappa shape index (κ1) is 16.1. The second-order valence-corrected chi connectivity index (χ2v) is 15.2. The lowest BCUT2D eigenvalue weighted by Crippen LogP contribution is -2.44. The molecule has 2 heterocycles. The van der Waals surface area contributed by atoms with E-state index in [1.165, 1.54) is 22.5 Å². The van der Waals surface area contributed by atoms with Crippen molar-refractivity contribution in [2.75, 3.05) is 0 Å². The molecule has 0 spiro atoms. The number of fused-ring (bicyclic) bond motifs is 2. The van der Waals surface area contributed by atoms with Crippen molar-refractivity contribution in [3.05, 3.63) is 46.5 Å². The van der Waals surface area contributed by atoms with Gasteiger partial charge in [-0.2, -0.15) is 0 Å². The second kappa shape index (κ2) is 5.07. The van der Waals surface area contributed by atoms with E-state index in [9.17, 15) is 10.1 Å². The molecule has 25 heavy (non-hydrogen) atoms. The normalized spacial score (nSPS) is 17.6. The SMILES string of the molecule is C[Si]1(C)O[Si](C)(C)c2cc3c(cc21)nnn3-c1ccc([N+](=O)[O-])cc1. The van der Waals surface area contributed by atoms with Crippen LogP contribution in [0, 0.1) is 10.1 Å². The van der Waals surface area contributed by atoms with Crippen molar-refractivity contribution in [2.24, 2.45) is 0 Å². The van der Waals surface area contributed by atoms with Gasteiger partial charge in [-0.25, -0.2) is 4.68 Å². The van der Waals surface area contributed by atoms with Gasteiger partial charge in [-0.05, 0) is 60.8 Å². The highest BCUT2D eigenvalue weighted by Gasteiger charge is 2.46. The zero-order valence-corrected chi connectivity index (χ0v) is 16.5. The van der Waals surface area contributed by atoms with Crippen LogP contribution in [-0.2, 0) is 4.12 Å². The Balaban J connectivity index is 1.89. The highest BCUT2D eigenvalue weighted by Crippen LogP contribution is 2.25. The van der Waals surface area contributed by atoms with Gasteiger partial charge < -0.3 is 4.12 Å². The molecule has 0 saturated carbocycles. The topological polar surface area (TPSA) is 83.1 Å². The molecule has 0 atom stereocenters. The zero-order valence-electron chi connectivity index (χ0n) is 14.5. The summed E-state index contributed by atoms with van der Waals surface area (Å²) in [7, 11) is -3.82. The van der Waals surface area contributed by atoms with Crippen LogP contribution in [0.15, 0.2) is 36.4 Å². The molecule has 0 fully saturated rings. The van der Waals surface area contributed by atoms with E-state index in [2.05, 4.69) is 48.6 Å². The Morgan fingerprint density at radius 1 is 1.04 bits per heavy atom. The van der Waals surface area contributed by atoms with Crippen LogP contribution in [0.1, 0.15) is 0 Å². The van der Waals surface area contributed by atoms with E-state index in [1.807, 2.05) is 0 Å². The Morgan fingerprint density at radius 2 is 1.64 bits per heavy atom. The average Bonchev–Trinajstić information content (AvgIpc) is 3.02. The molecule has 0 saturated heterocycles. The molecule has 0 bridgehead atoms. The minimum Gasteiger partial charge on any atom is -0.449 e. The molecule has 9 heteroatoms. The molecule has 128 valence electrons. The zero-order chi connectivity index (χ0) is 18.0. The van der Waals surface area contributed by atoms with Gasteiger partial charge in [-0.1, -0.05) is 5.21 Å². The largest absolute Gasteiger partial charge is 0.449 e. The van der Waals surface area contributed by atoms with E-state index in [-0.39, 0.29) is 5.69 Å². The van der Waals surface area contributed by atoms with Gasteiger partial charge in [0.05, 0.1) is 16.1 Å². The molecule has 0 aliphatic carbocycles. The van der Waals surface area contributed by atoms with Crippen LogP contribution in [0.25, 0.3) is 16.7 Å². The number of non-ortho nitro benzene ring substituents is 1. The van der Waals surface area contributed by atoms with Crippen LogP contribution in [0.5, 0.6) is 0 Å². The summed E-state index contributed by atoms with van der Waals surface area (Å²) in [4.78, 5) is 10.4. The molecule has 4 rings (SSSR count). The predicted octanol–water partition coefficient (Wildman–Crippen LogP) is 2.18. The first-order valence-corrected chi connectivity index (χ1v) is 13.9. The summed E-state index contributed by atoms with van der Waals surface area (Å²) in [5.41, 5.74) is 2.54. The van der Waals surface area contributed by atoms with Crippen molar-refractivity contribution >= 4 is 43.7 Å². The maximum Gasteiger partial charge on any atom is 0.269 e. The molecular formula is C16H18N4O3Si2. The Kier molecular flexibility index (Phi) is 3.27. The fourth-order valence-electron chi connectivity index (χ4n) is 3.62. The van der Waals surface area contributed by atoms with E-state index < -0.39 is 21.6 Å². The van der Waals surface area contributed by atoms with Crippen molar-refractivity contribution in [3.8, 4) is 5.69 Å². The minimum absolute atomic E-state index is 0.0590. The predicted molar refractivity (Wildman–Crippen MR) is 101 cm³/mol. The van der Waals surface area contributed by atoms with Gasteiger partial charge in [-0.3, -0.25) is 10.1 Å². The molecule has 3 aromatic rings. The van der Waals surface area contributed by atoms with Crippen molar-refractivity contribution < 1.29 is 9.04 Å². The summed E-state index contributed by atoms with van der Waals surface area (Å²) in [5.74, 6) is 0. The first-order chi connectivity index (χ1) is 11.7. The third-order valence-electron chi connectivity index (χ3n) is 4.70. The fourth-order valence-corrected chi connectivity index (χ4v) is 13.8. The van der Waals surface area contributed by atoms with Gasteiger partial charge in [0, 0.05) is 12.1 Å². The molecular weight excluding hydrogens is 352 g/mol. The van der Waals surface area contributed by atoms with Gasteiger partial charge >= 0.3 is 0 Å². The third-order valence-corrected chi connectivity index (χ3v) is 12.5. The molecule has 0 unspecified atom stereocenters. The summed E-state index contributed by atoms with van der Waals surface area (Å²) < 4.78 is 8.21. The van der Waals surface area contributed by atoms with Crippen molar-refractivity contribution in [1.29, 1.82) is 0 Å². The molecule has 1 aromatic heterocycles.